The molecule has 2 aromatic rings. The zero-order valence-corrected chi connectivity index (χ0v) is 11.4. The van der Waals surface area contributed by atoms with Crippen LogP contribution in [0.25, 0.3) is 0 Å². The maximum Gasteiger partial charge on any atom is 0.167 e. The highest BCUT2D eigenvalue weighted by molar-refractivity contribution is 7.90. The second-order valence-corrected chi connectivity index (χ2v) is 6.49. The summed E-state index contributed by atoms with van der Waals surface area (Å²) in [5.74, 6) is 0.0758. The van der Waals surface area contributed by atoms with Crippen LogP contribution in [-0.4, -0.2) is 14.3 Å². The predicted molar refractivity (Wildman–Crippen MR) is 77.2 cm³/mol. The first-order chi connectivity index (χ1) is 9.16. The first kappa shape index (κ1) is 13.8. The lowest BCUT2D eigenvalue weighted by Gasteiger charge is -2.06. The molecule has 2 aromatic carbocycles. The third kappa shape index (κ3) is 4.85. The fraction of sp³-hybridized carbons (Fsp3) is 0.200. The van der Waals surface area contributed by atoms with Gasteiger partial charge in [-0.15, -0.1) is 0 Å². The summed E-state index contributed by atoms with van der Waals surface area (Å²) in [6, 6.07) is 19.0. The van der Waals surface area contributed by atoms with E-state index in [-0.39, 0.29) is 11.6 Å². The van der Waals surface area contributed by atoms with Gasteiger partial charge in [-0.05, 0) is 11.1 Å². The Bertz CT molecular complexity index is 595. The highest BCUT2D eigenvalue weighted by atomic mass is 32.2. The van der Waals surface area contributed by atoms with Gasteiger partial charge in [-0.1, -0.05) is 60.7 Å². The van der Waals surface area contributed by atoms with E-state index in [1.54, 1.807) is 0 Å². The van der Waals surface area contributed by atoms with Crippen molar-refractivity contribution < 1.29 is 8.42 Å². The van der Waals surface area contributed by atoms with Gasteiger partial charge in [0.1, 0.15) is 0 Å². The summed E-state index contributed by atoms with van der Waals surface area (Å²) in [6.45, 7) is 0.564. The van der Waals surface area contributed by atoms with Crippen molar-refractivity contribution in [1.82, 2.24) is 5.32 Å². The van der Waals surface area contributed by atoms with E-state index in [9.17, 15) is 8.42 Å². The van der Waals surface area contributed by atoms with Crippen LogP contribution in [0.15, 0.2) is 60.7 Å². The van der Waals surface area contributed by atoms with E-state index >= 15 is 0 Å². The van der Waals surface area contributed by atoms with Crippen molar-refractivity contribution in [2.45, 2.75) is 12.3 Å². The minimum Gasteiger partial charge on any atom is -0.300 e. The first-order valence-electron chi connectivity index (χ1n) is 6.15. The summed E-state index contributed by atoms with van der Waals surface area (Å²) in [5, 5.41) is 2.97. The van der Waals surface area contributed by atoms with Crippen molar-refractivity contribution in [3.05, 3.63) is 71.8 Å². The van der Waals surface area contributed by atoms with Gasteiger partial charge in [-0.2, -0.15) is 0 Å². The van der Waals surface area contributed by atoms with Crippen molar-refractivity contribution in [3.8, 4) is 0 Å². The first-order valence-corrected chi connectivity index (χ1v) is 7.97. The molecule has 0 unspecified atom stereocenters. The lowest BCUT2D eigenvalue weighted by molar-refractivity contribution is 0.586. The summed E-state index contributed by atoms with van der Waals surface area (Å²) >= 11 is 0. The van der Waals surface area contributed by atoms with E-state index in [1.165, 1.54) is 0 Å². The molecule has 3 nitrogen and oxygen atoms in total. The Labute approximate surface area is 114 Å². The largest absolute Gasteiger partial charge is 0.300 e. The van der Waals surface area contributed by atoms with Gasteiger partial charge in [-0.25, -0.2) is 8.42 Å². The lowest BCUT2D eigenvalue weighted by Crippen LogP contribution is -2.23. The van der Waals surface area contributed by atoms with Crippen LogP contribution in [0, 0.1) is 0 Å². The molecule has 19 heavy (non-hydrogen) atoms. The molecule has 0 saturated heterocycles. The quantitative estimate of drug-likeness (QED) is 0.880. The monoisotopic (exact) mass is 275 g/mol. The second kappa shape index (κ2) is 6.50. The minimum atomic E-state index is -3.12. The average molecular weight is 275 g/mol. The maximum atomic E-state index is 11.9. The molecular formula is C15H17NO2S. The SMILES string of the molecule is O=S(=O)(CNCc1ccccc1)Cc1ccccc1. The molecule has 4 heteroatoms. The molecule has 0 bridgehead atoms. The van der Waals surface area contributed by atoms with Crippen LogP contribution in [0.4, 0.5) is 0 Å². The molecule has 0 fully saturated rings. The zero-order valence-electron chi connectivity index (χ0n) is 10.6. The van der Waals surface area contributed by atoms with Crippen LogP contribution >= 0.6 is 0 Å². The molecule has 1 N–H and O–H groups in total. The van der Waals surface area contributed by atoms with E-state index in [0.717, 1.165) is 11.1 Å². The second-order valence-electron chi connectivity index (χ2n) is 4.43. The molecule has 0 atom stereocenters. The summed E-state index contributed by atoms with van der Waals surface area (Å²) in [5.41, 5.74) is 1.90. The lowest BCUT2D eigenvalue weighted by atomic mass is 10.2. The Morgan fingerprint density at radius 3 is 1.89 bits per heavy atom. The molecule has 0 amide bonds. The van der Waals surface area contributed by atoms with Crippen LogP contribution in [0.3, 0.4) is 0 Å². The number of hydrogen-bond acceptors (Lipinski definition) is 3. The molecule has 0 aromatic heterocycles. The number of sulfone groups is 1. The normalized spacial score (nSPS) is 11.4. The highest BCUT2D eigenvalue weighted by Crippen LogP contribution is 2.05. The standard InChI is InChI=1S/C15H17NO2S/c17-19(18,12-15-9-5-2-6-10-15)13-16-11-14-7-3-1-4-8-14/h1-10,16H,11-13H2. The zero-order chi connectivity index (χ0) is 13.6. The smallest absolute Gasteiger partial charge is 0.167 e. The summed E-state index contributed by atoms with van der Waals surface area (Å²) < 4.78 is 23.9. The molecule has 0 aliphatic heterocycles. The highest BCUT2D eigenvalue weighted by Gasteiger charge is 2.10. The van der Waals surface area contributed by atoms with Crippen molar-refractivity contribution in [2.75, 3.05) is 5.88 Å². The van der Waals surface area contributed by atoms with Gasteiger partial charge in [0.05, 0.1) is 11.6 Å². The molecule has 0 spiro atoms. The van der Waals surface area contributed by atoms with E-state index in [1.807, 2.05) is 60.7 Å². The van der Waals surface area contributed by atoms with Gasteiger partial charge in [0.2, 0.25) is 0 Å². The fourth-order valence-corrected chi connectivity index (χ4v) is 3.04. The van der Waals surface area contributed by atoms with Crippen molar-refractivity contribution in [1.29, 1.82) is 0 Å². The molecule has 2 rings (SSSR count). The van der Waals surface area contributed by atoms with Crippen LogP contribution in [0.5, 0.6) is 0 Å². The van der Waals surface area contributed by atoms with Gasteiger partial charge in [0.15, 0.2) is 9.84 Å². The number of nitrogens with one attached hydrogen (secondary N) is 1. The molecular weight excluding hydrogens is 258 g/mol. The van der Waals surface area contributed by atoms with Crippen molar-refractivity contribution >= 4 is 9.84 Å². The van der Waals surface area contributed by atoms with E-state index in [2.05, 4.69) is 5.32 Å². The molecule has 0 radical (unpaired) electrons. The third-order valence-electron chi connectivity index (χ3n) is 2.72. The van der Waals surface area contributed by atoms with Crippen molar-refractivity contribution in [3.63, 3.8) is 0 Å². The van der Waals surface area contributed by atoms with E-state index < -0.39 is 9.84 Å². The Morgan fingerprint density at radius 2 is 1.32 bits per heavy atom. The van der Waals surface area contributed by atoms with E-state index in [0.29, 0.717) is 6.54 Å². The van der Waals surface area contributed by atoms with Gasteiger partial charge < -0.3 is 0 Å². The summed E-state index contributed by atoms with van der Waals surface area (Å²) in [6.07, 6.45) is 0. The van der Waals surface area contributed by atoms with Gasteiger partial charge in [0.25, 0.3) is 0 Å². The van der Waals surface area contributed by atoms with Gasteiger partial charge >= 0.3 is 0 Å². The predicted octanol–water partition coefficient (Wildman–Crippen LogP) is 2.35. The molecule has 0 heterocycles. The van der Waals surface area contributed by atoms with Crippen molar-refractivity contribution in [2.24, 2.45) is 0 Å². The van der Waals surface area contributed by atoms with Crippen LogP contribution in [-0.2, 0) is 22.1 Å². The summed E-state index contributed by atoms with van der Waals surface area (Å²) in [7, 11) is -3.12. The van der Waals surface area contributed by atoms with Gasteiger partial charge in [0, 0.05) is 6.54 Å². The summed E-state index contributed by atoms with van der Waals surface area (Å²) in [4.78, 5) is 0. The maximum absolute atomic E-state index is 11.9. The minimum absolute atomic E-state index is 0.00319. The fourth-order valence-electron chi connectivity index (χ4n) is 1.83. The Morgan fingerprint density at radius 1 is 0.789 bits per heavy atom. The van der Waals surface area contributed by atoms with Crippen LogP contribution in [0.1, 0.15) is 11.1 Å². The van der Waals surface area contributed by atoms with Gasteiger partial charge in [-0.3, -0.25) is 5.32 Å². The number of hydrogen-bond donors (Lipinski definition) is 1. The molecule has 100 valence electrons. The van der Waals surface area contributed by atoms with Crippen LogP contribution in [0.2, 0.25) is 0 Å². The van der Waals surface area contributed by atoms with E-state index in [4.69, 9.17) is 0 Å². The van der Waals surface area contributed by atoms with Crippen LogP contribution < -0.4 is 5.32 Å². The average Bonchev–Trinajstić information content (AvgIpc) is 2.40. The molecule has 0 aliphatic rings. The topological polar surface area (TPSA) is 46.2 Å². The number of benzene rings is 2. The molecule has 0 saturated carbocycles. The Kier molecular flexibility index (Phi) is 4.71. The third-order valence-corrected chi connectivity index (χ3v) is 4.14. The molecule has 0 aliphatic carbocycles. The Hall–Kier alpha value is -1.65. The number of rotatable bonds is 6. The Balaban J connectivity index is 1.85.